The summed E-state index contributed by atoms with van der Waals surface area (Å²) in [5.74, 6) is 1.11. The second-order valence-corrected chi connectivity index (χ2v) is 6.36. The Morgan fingerprint density at radius 3 is 3.00 bits per heavy atom. The van der Waals surface area contributed by atoms with Gasteiger partial charge >= 0.3 is 0 Å². The predicted molar refractivity (Wildman–Crippen MR) is 87.4 cm³/mol. The minimum absolute atomic E-state index is 0.152. The number of carbonyl (C=O) groups excluding carboxylic acids is 1. The lowest BCUT2D eigenvalue weighted by molar-refractivity contribution is -0.00664. The van der Waals surface area contributed by atoms with Crippen LogP contribution in [0, 0.1) is 0 Å². The molecule has 120 valence electrons. The number of furan rings is 1. The van der Waals surface area contributed by atoms with E-state index in [0.29, 0.717) is 40.6 Å². The molecule has 2 aliphatic heterocycles. The van der Waals surface area contributed by atoms with Gasteiger partial charge < -0.3 is 14.3 Å². The number of hydrogen-bond acceptors (Lipinski definition) is 4. The summed E-state index contributed by atoms with van der Waals surface area (Å²) in [7, 11) is 0. The summed E-state index contributed by atoms with van der Waals surface area (Å²) < 4.78 is 12.0. The van der Waals surface area contributed by atoms with Gasteiger partial charge in [0.15, 0.2) is 5.76 Å². The van der Waals surface area contributed by atoms with Crippen LogP contribution in [0.15, 0.2) is 40.8 Å². The first-order chi connectivity index (χ1) is 11.6. The zero-order valence-corrected chi connectivity index (χ0v) is 13.2. The van der Waals surface area contributed by atoms with Gasteiger partial charge in [-0.3, -0.25) is 9.69 Å². The van der Waals surface area contributed by atoms with Gasteiger partial charge in [0.1, 0.15) is 22.6 Å². The first kappa shape index (κ1) is 13.7. The topological polar surface area (TPSA) is 62.9 Å². The molecule has 5 rings (SSSR count). The fourth-order valence-electron chi connectivity index (χ4n) is 3.50. The molecule has 0 aliphatic carbocycles. The molecule has 1 aromatic heterocycles. The molecule has 2 aliphatic rings. The van der Waals surface area contributed by atoms with E-state index in [0.717, 1.165) is 10.9 Å². The lowest BCUT2D eigenvalue weighted by Crippen LogP contribution is -2.45. The number of benzene rings is 2. The maximum atomic E-state index is 12.8. The van der Waals surface area contributed by atoms with Crippen LogP contribution in [0.4, 0.5) is 0 Å². The van der Waals surface area contributed by atoms with Crippen molar-refractivity contribution in [3.8, 4) is 11.5 Å². The molecule has 0 fully saturated rings. The largest absolute Gasteiger partial charge is 0.508 e. The van der Waals surface area contributed by atoms with Gasteiger partial charge in [0.05, 0.1) is 5.02 Å². The van der Waals surface area contributed by atoms with Gasteiger partial charge in [0.25, 0.3) is 5.91 Å². The number of amides is 1. The summed E-state index contributed by atoms with van der Waals surface area (Å²) in [4.78, 5) is 14.5. The molecule has 2 aromatic carbocycles. The minimum atomic E-state index is -0.609. The van der Waals surface area contributed by atoms with Crippen LogP contribution in [0.2, 0.25) is 5.02 Å². The van der Waals surface area contributed by atoms with Crippen LogP contribution < -0.4 is 4.74 Å². The van der Waals surface area contributed by atoms with E-state index in [1.165, 1.54) is 0 Å². The lowest BCUT2D eigenvalue weighted by Gasteiger charge is -2.38. The van der Waals surface area contributed by atoms with Gasteiger partial charge in [-0.1, -0.05) is 17.7 Å². The van der Waals surface area contributed by atoms with Gasteiger partial charge in [-0.15, -0.1) is 0 Å². The molecule has 24 heavy (non-hydrogen) atoms. The number of carbonyl (C=O) groups is 1. The highest BCUT2D eigenvalue weighted by molar-refractivity contribution is 6.34. The van der Waals surface area contributed by atoms with E-state index in [9.17, 15) is 9.90 Å². The van der Waals surface area contributed by atoms with Crippen molar-refractivity contribution in [3.63, 3.8) is 0 Å². The van der Waals surface area contributed by atoms with E-state index < -0.39 is 6.23 Å². The van der Waals surface area contributed by atoms with Crippen LogP contribution >= 0.6 is 11.6 Å². The molecule has 0 saturated carbocycles. The normalized spacial score (nSPS) is 18.8. The van der Waals surface area contributed by atoms with Crippen LogP contribution in [-0.2, 0) is 6.42 Å². The van der Waals surface area contributed by atoms with Crippen LogP contribution in [0.3, 0.4) is 0 Å². The van der Waals surface area contributed by atoms with Crippen molar-refractivity contribution in [1.82, 2.24) is 4.90 Å². The molecule has 1 unspecified atom stereocenters. The molecule has 3 heterocycles. The van der Waals surface area contributed by atoms with Crippen molar-refractivity contribution in [2.45, 2.75) is 12.6 Å². The second kappa shape index (κ2) is 4.68. The Bertz CT molecular complexity index is 1010. The molecule has 0 saturated heterocycles. The zero-order valence-electron chi connectivity index (χ0n) is 12.5. The Morgan fingerprint density at radius 1 is 1.25 bits per heavy atom. The summed E-state index contributed by atoms with van der Waals surface area (Å²) in [5, 5.41) is 11.0. The number of halogens is 1. The van der Waals surface area contributed by atoms with E-state index in [1.807, 2.05) is 0 Å². The van der Waals surface area contributed by atoms with Crippen molar-refractivity contribution in [1.29, 1.82) is 0 Å². The second-order valence-electron chi connectivity index (χ2n) is 5.96. The Kier molecular flexibility index (Phi) is 2.68. The highest BCUT2D eigenvalue weighted by Gasteiger charge is 2.42. The Hall–Kier alpha value is -2.66. The number of nitrogens with zero attached hydrogens (tertiary/aromatic N) is 1. The fraction of sp³-hybridized carbons (Fsp3) is 0.167. The maximum Gasteiger partial charge on any atom is 0.262 e. The molecule has 5 nitrogen and oxygen atoms in total. The lowest BCUT2D eigenvalue weighted by atomic mass is 9.99. The standard InChI is InChI=1S/C18H12ClNO4/c19-12-2-1-3-14-15(12)17(22)20-7-6-10-11-8-9(21)4-5-13(11)23-16(10)18(20)24-14/h1-5,8,18,21H,6-7H2. The average Bonchev–Trinajstić information content (AvgIpc) is 2.93. The van der Waals surface area contributed by atoms with E-state index in [2.05, 4.69) is 0 Å². The van der Waals surface area contributed by atoms with Gasteiger partial charge in [0, 0.05) is 17.5 Å². The number of phenolic OH excluding ortho intramolecular Hbond substituents is 1. The van der Waals surface area contributed by atoms with E-state index >= 15 is 0 Å². The molecule has 0 radical (unpaired) electrons. The van der Waals surface area contributed by atoms with Gasteiger partial charge in [-0.25, -0.2) is 0 Å². The first-order valence-electron chi connectivity index (χ1n) is 7.64. The number of aromatic hydroxyl groups is 1. The highest BCUT2D eigenvalue weighted by Crippen LogP contribution is 2.44. The molecule has 1 atom stereocenters. The first-order valence-corrected chi connectivity index (χ1v) is 8.02. The van der Waals surface area contributed by atoms with E-state index in [4.69, 9.17) is 20.8 Å². The zero-order chi connectivity index (χ0) is 16.4. The Morgan fingerprint density at radius 2 is 2.12 bits per heavy atom. The number of ether oxygens (including phenoxy) is 1. The van der Waals surface area contributed by atoms with Crippen molar-refractivity contribution in [2.24, 2.45) is 0 Å². The molecule has 1 N–H and O–H groups in total. The van der Waals surface area contributed by atoms with Gasteiger partial charge in [0.2, 0.25) is 6.23 Å². The third kappa shape index (κ3) is 1.73. The predicted octanol–water partition coefficient (Wildman–Crippen LogP) is 3.88. The summed E-state index contributed by atoms with van der Waals surface area (Å²) in [5.41, 5.74) is 2.04. The fourth-order valence-corrected chi connectivity index (χ4v) is 3.75. The van der Waals surface area contributed by atoms with Gasteiger partial charge in [-0.05, 0) is 36.8 Å². The van der Waals surface area contributed by atoms with Crippen LogP contribution in [0.25, 0.3) is 11.0 Å². The molecule has 0 spiro atoms. The summed E-state index contributed by atoms with van der Waals surface area (Å²) in [6.07, 6.45) is 0.0266. The van der Waals surface area contributed by atoms with Gasteiger partial charge in [-0.2, -0.15) is 0 Å². The van der Waals surface area contributed by atoms with Crippen LogP contribution in [0.5, 0.6) is 11.5 Å². The minimum Gasteiger partial charge on any atom is -0.508 e. The highest BCUT2D eigenvalue weighted by atomic mass is 35.5. The van der Waals surface area contributed by atoms with Crippen molar-refractivity contribution in [2.75, 3.05) is 6.54 Å². The van der Waals surface area contributed by atoms with Crippen molar-refractivity contribution in [3.05, 3.63) is 58.3 Å². The molecular formula is C18H12ClNO4. The van der Waals surface area contributed by atoms with Crippen molar-refractivity contribution >= 4 is 28.5 Å². The van der Waals surface area contributed by atoms with E-state index in [1.54, 1.807) is 41.3 Å². The Balaban J connectivity index is 1.70. The smallest absolute Gasteiger partial charge is 0.262 e. The van der Waals surface area contributed by atoms with E-state index in [-0.39, 0.29) is 11.7 Å². The summed E-state index contributed by atoms with van der Waals surface area (Å²) >= 11 is 6.17. The monoisotopic (exact) mass is 341 g/mol. The molecule has 0 bridgehead atoms. The molecule has 6 heteroatoms. The molecule has 3 aromatic rings. The van der Waals surface area contributed by atoms with Crippen LogP contribution in [0.1, 0.15) is 27.9 Å². The SMILES string of the molecule is O=C1c2c(Cl)cccc2OC2c3oc4ccc(O)cc4c3CCN12. The quantitative estimate of drug-likeness (QED) is 0.674. The average molecular weight is 342 g/mol. The van der Waals surface area contributed by atoms with Crippen molar-refractivity contribution < 1.29 is 19.1 Å². The number of fused-ring (bicyclic) bond motifs is 6. The number of phenols is 1. The summed E-state index contributed by atoms with van der Waals surface area (Å²) in [6.45, 7) is 0.505. The third-order valence-electron chi connectivity index (χ3n) is 4.60. The molecule has 1 amide bonds. The maximum absolute atomic E-state index is 12.8. The molecular weight excluding hydrogens is 330 g/mol. The third-order valence-corrected chi connectivity index (χ3v) is 4.92. The number of rotatable bonds is 0. The Labute approximate surface area is 142 Å². The summed E-state index contributed by atoms with van der Waals surface area (Å²) in [6, 6.07) is 10.2. The number of hydrogen-bond donors (Lipinski definition) is 1. The van der Waals surface area contributed by atoms with Crippen LogP contribution in [-0.4, -0.2) is 22.5 Å².